The molecule has 0 aromatic heterocycles. The van der Waals surface area contributed by atoms with Gasteiger partial charge in [-0.3, -0.25) is 19.8 Å². The highest BCUT2D eigenvalue weighted by Crippen LogP contribution is 2.26. The fourth-order valence-corrected chi connectivity index (χ4v) is 2.40. The third-order valence-corrected chi connectivity index (χ3v) is 3.44. The molecule has 1 aliphatic heterocycles. The molecule has 7 heteroatoms. The minimum absolute atomic E-state index is 0.0611. The van der Waals surface area contributed by atoms with Crippen molar-refractivity contribution in [3.63, 3.8) is 0 Å². The van der Waals surface area contributed by atoms with Crippen LogP contribution in [0.5, 0.6) is 0 Å². The second-order valence-corrected chi connectivity index (χ2v) is 5.02. The van der Waals surface area contributed by atoms with E-state index in [1.165, 1.54) is 0 Å². The van der Waals surface area contributed by atoms with Crippen LogP contribution in [0, 0.1) is 10.1 Å². The van der Waals surface area contributed by atoms with Crippen LogP contribution >= 0.6 is 0 Å². The van der Waals surface area contributed by atoms with Gasteiger partial charge in [0.1, 0.15) is 5.69 Å². The van der Waals surface area contributed by atoms with E-state index in [0.29, 0.717) is 38.3 Å². The lowest BCUT2D eigenvalue weighted by atomic mass is 10.1. The standard InChI is InChI=1S/C14H20N4O3/c1-2-15-12-4-3-11(9-13(12)18(20)21)10-17-7-5-14(19)16-6-8-17/h3-4,9,15H,2,5-8,10H2,1H3,(H,16,19). The second-order valence-electron chi connectivity index (χ2n) is 5.02. The summed E-state index contributed by atoms with van der Waals surface area (Å²) < 4.78 is 0. The molecule has 1 aromatic carbocycles. The number of carbonyl (C=O) groups is 1. The minimum atomic E-state index is -0.366. The van der Waals surface area contributed by atoms with E-state index in [1.807, 2.05) is 13.0 Å². The normalized spacial score (nSPS) is 16.1. The molecular formula is C14H20N4O3. The Morgan fingerprint density at radius 2 is 2.24 bits per heavy atom. The molecule has 0 bridgehead atoms. The zero-order valence-corrected chi connectivity index (χ0v) is 12.1. The molecule has 1 amide bonds. The number of amides is 1. The van der Waals surface area contributed by atoms with Gasteiger partial charge in [0.25, 0.3) is 5.69 Å². The van der Waals surface area contributed by atoms with Gasteiger partial charge in [-0.2, -0.15) is 0 Å². The monoisotopic (exact) mass is 292 g/mol. The fourth-order valence-electron chi connectivity index (χ4n) is 2.40. The highest BCUT2D eigenvalue weighted by atomic mass is 16.6. The number of benzene rings is 1. The zero-order valence-electron chi connectivity index (χ0n) is 12.1. The summed E-state index contributed by atoms with van der Waals surface area (Å²) in [4.78, 5) is 24.2. The van der Waals surface area contributed by atoms with Crippen molar-refractivity contribution in [2.75, 3.05) is 31.5 Å². The maximum atomic E-state index is 11.3. The Balaban J connectivity index is 2.11. The molecule has 1 aliphatic rings. The van der Waals surface area contributed by atoms with Crippen molar-refractivity contribution in [3.8, 4) is 0 Å². The predicted molar refractivity (Wildman–Crippen MR) is 80.2 cm³/mol. The van der Waals surface area contributed by atoms with E-state index in [1.54, 1.807) is 12.1 Å². The Bertz CT molecular complexity index is 533. The Hall–Kier alpha value is -2.15. The first kappa shape index (κ1) is 15.2. The number of nitrogens with zero attached hydrogens (tertiary/aromatic N) is 2. The number of nitro groups is 1. The van der Waals surface area contributed by atoms with Crippen molar-refractivity contribution in [3.05, 3.63) is 33.9 Å². The fraction of sp³-hybridized carbons (Fsp3) is 0.500. The van der Waals surface area contributed by atoms with Crippen LogP contribution in [0.25, 0.3) is 0 Å². The van der Waals surface area contributed by atoms with E-state index in [-0.39, 0.29) is 16.5 Å². The summed E-state index contributed by atoms with van der Waals surface area (Å²) in [6, 6.07) is 5.25. The molecule has 0 atom stereocenters. The van der Waals surface area contributed by atoms with Crippen LogP contribution in [0.2, 0.25) is 0 Å². The molecule has 2 N–H and O–H groups in total. The third kappa shape index (κ3) is 4.16. The molecule has 1 heterocycles. The number of carbonyl (C=O) groups excluding carboxylic acids is 1. The smallest absolute Gasteiger partial charge is 0.292 e. The van der Waals surface area contributed by atoms with Gasteiger partial charge in [-0.15, -0.1) is 0 Å². The molecule has 21 heavy (non-hydrogen) atoms. The van der Waals surface area contributed by atoms with Gasteiger partial charge in [0.15, 0.2) is 0 Å². The van der Waals surface area contributed by atoms with Crippen molar-refractivity contribution < 1.29 is 9.72 Å². The Morgan fingerprint density at radius 1 is 1.43 bits per heavy atom. The average molecular weight is 292 g/mol. The number of hydrogen-bond donors (Lipinski definition) is 2. The summed E-state index contributed by atoms with van der Waals surface area (Å²) in [5, 5.41) is 16.9. The molecule has 0 aliphatic carbocycles. The summed E-state index contributed by atoms with van der Waals surface area (Å²) in [7, 11) is 0. The first-order valence-electron chi connectivity index (χ1n) is 7.10. The largest absolute Gasteiger partial charge is 0.380 e. The van der Waals surface area contributed by atoms with Crippen molar-refractivity contribution >= 4 is 17.3 Å². The number of anilines is 1. The van der Waals surface area contributed by atoms with Gasteiger partial charge in [0.2, 0.25) is 5.91 Å². The summed E-state index contributed by atoms with van der Waals surface area (Å²) >= 11 is 0. The quantitative estimate of drug-likeness (QED) is 0.632. The molecule has 1 aromatic rings. The van der Waals surface area contributed by atoms with E-state index in [9.17, 15) is 14.9 Å². The van der Waals surface area contributed by atoms with Gasteiger partial charge >= 0.3 is 0 Å². The van der Waals surface area contributed by atoms with Crippen LogP contribution in [-0.4, -0.2) is 41.9 Å². The molecule has 7 nitrogen and oxygen atoms in total. The predicted octanol–water partition coefficient (Wildman–Crippen LogP) is 1.35. The molecule has 0 unspecified atom stereocenters. The van der Waals surface area contributed by atoms with Crippen molar-refractivity contribution in [2.24, 2.45) is 0 Å². The van der Waals surface area contributed by atoms with Gasteiger partial charge in [-0.25, -0.2) is 0 Å². The second kappa shape index (κ2) is 7.03. The van der Waals surface area contributed by atoms with Crippen LogP contribution in [0.4, 0.5) is 11.4 Å². The molecule has 114 valence electrons. The highest BCUT2D eigenvalue weighted by Gasteiger charge is 2.17. The van der Waals surface area contributed by atoms with Crippen molar-refractivity contribution in [1.29, 1.82) is 0 Å². The molecule has 0 spiro atoms. The lowest BCUT2D eigenvalue weighted by Crippen LogP contribution is -2.28. The van der Waals surface area contributed by atoms with Crippen LogP contribution in [-0.2, 0) is 11.3 Å². The maximum Gasteiger partial charge on any atom is 0.292 e. The van der Waals surface area contributed by atoms with Crippen molar-refractivity contribution in [1.82, 2.24) is 10.2 Å². The molecule has 1 fully saturated rings. The number of nitro benzene ring substituents is 1. The molecule has 0 radical (unpaired) electrons. The Labute approximate surface area is 123 Å². The first-order valence-corrected chi connectivity index (χ1v) is 7.10. The number of hydrogen-bond acceptors (Lipinski definition) is 5. The van der Waals surface area contributed by atoms with E-state index in [0.717, 1.165) is 12.1 Å². The maximum absolute atomic E-state index is 11.3. The average Bonchev–Trinajstić information content (AvgIpc) is 2.65. The summed E-state index contributed by atoms with van der Waals surface area (Å²) in [5.74, 6) is 0.0611. The van der Waals surface area contributed by atoms with E-state index >= 15 is 0 Å². The van der Waals surface area contributed by atoms with E-state index < -0.39 is 0 Å². The van der Waals surface area contributed by atoms with Gasteiger partial charge in [-0.1, -0.05) is 6.07 Å². The Kier molecular flexibility index (Phi) is 5.10. The lowest BCUT2D eigenvalue weighted by molar-refractivity contribution is -0.384. The van der Waals surface area contributed by atoms with E-state index in [4.69, 9.17) is 0 Å². The summed E-state index contributed by atoms with van der Waals surface area (Å²) in [5.41, 5.74) is 1.52. The van der Waals surface area contributed by atoms with Gasteiger partial charge in [0.05, 0.1) is 4.92 Å². The topological polar surface area (TPSA) is 87.5 Å². The van der Waals surface area contributed by atoms with Crippen LogP contribution in [0.1, 0.15) is 18.9 Å². The SMILES string of the molecule is CCNc1ccc(CN2CCNC(=O)CC2)cc1[N+](=O)[O-]. The van der Waals surface area contributed by atoms with E-state index in [2.05, 4.69) is 15.5 Å². The highest BCUT2D eigenvalue weighted by molar-refractivity contribution is 5.76. The lowest BCUT2D eigenvalue weighted by Gasteiger charge is -2.19. The van der Waals surface area contributed by atoms with Gasteiger partial charge in [0, 0.05) is 45.2 Å². The van der Waals surface area contributed by atoms with Crippen molar-refractivity contribution in [2.45, 2.75) is 19.9 Å². The number of nitrogens with one attached hydrogen (secondary N) is 2. The van der Waals surface area contributed by atoms with Crippen LogP contribution < -0.4 is 10.6 Å². The zero-order chi connectivity index (χ0) is 15.2. The molecular weight excluding hydrogens is 272 g/mol. The number of rotatable bonds is 5. The molecule has 1 saturated heterocycles. The summed E-state index contributed by atoms with van der Waals surface area (Å²) in [6.07, 6.45) is 0.470. The van der Waals surface area contributed by atoms with Gasteiger partial charge < -0.3 is 10.6 Å². The molecule has 2 rings (SSSR count). The summed E-state index contributed by atoms with van der Waals surface area (Å²) in [6.45, 7) is 5.21. The van der Waals surface area contributed by atoms with Crippen LogP contribution in [0.15, 0.2) is 18.2 Å². The molecule has 0 saturated carbocycles. The minimum Gasteiger partial charge on any atom is -0.380 e. The van der Waals surface area contributed by atoms with Gasteiger partial charge in [-0.05, 0) is 18.6 Å². The first-order chi connectivity index (χ1) is 10.1. The van der Waals surface area contributed by atoms with Crippen LogP contribution in [0.3, 0.4) is 0 Å². The third-order valence-electron chi connectivity index (χ3n) is 3.44. The Morgan fingerprint density at radius 3 is 2.95 bits per heavy atom.